The largest absolute Gasteiger partial charge is 0.619 e. The van der Waals surface area contributed by atoms with Crippen molar-refractivity contribution in [2.45, 2.75) is 38.0 Å². The molecule has 4 heterocycles. The average Bonchev–Trinajstić information content (AvgIpc) is 3.15. The molecule has 1 aromatic heterocycles. The Morgan fingerprint density at radius 1 is 1.00 bits per heavy atom. The highest BCUT2D eigenvalue weighted by atomic mass is 35.5. The second-order valence-corrected chi connectivity index (χ2v) is 13.3. The molecule has 3 aromatic carbocycles. The molecule has 7 rings (SSSR count). The minimum atomic E-state index is -0.876. The molecule has 0 spiro atoms. The van der Waals surface area contributed by atoms with Gasteiger partial charge in [-0.15, -0.1) is 0 Å². The van der Waals surface area contributed by atoms with Gasteiger partial charge in [-0.1, -0.05) is 47.5 Å². The van der Waals surface area contributed by atoms with Crippen LogP contribution >= 0.6 is 23.2 Å². The number of methoxy groups -OCH3 is 2. The molecule has 3 saturated heterocycles. The smallest absolute Gasteiger partial charge is 0.414 e. The minimum absolute atomic E-state index is 0.0657. The maximum Gasteiger partial charge on any atom is 0.414 e. The summed E-state index contributed by atoms with van der Waals surface area (Å²) in [7, 11) is 3.02. The molecule has 0 N–H and O–H groups in total. The van der Waals surface area contributed by atoms with Gasteiger partial charge in [-0.2, -0.15) is 9.99 Å². The maximum atomic E-state index is 13.7. The zero-order valence-electron chi connectivity index (χ0n) is 28.1. The summed E-state index contributed by atoms with van der Waals surface area (Å²) in [6.07, 6.45) is 2.86. The third-order valence-corrected chi connectivity index (χ3v) is 10.0. The number of carbonyl (C=O) groups excluding carboxylic acids is 2. The number of nitriles is 1. The fourth-order valence-corrected chi connectivity index (χ4v) is 7.16. The number of amides is 1. The second-order valence-electron chi connectivity index (χ2n) is 12.5. The Bertz CT molecular complexity index is 1920. The number of piperidine rings is 3. The number of esters is 1. The first-order chi connectivity index (χ1) is 24.6. The number of rotatable bonds is 11. The van der Waals surface area contributed by atoms with Crippen LogP contribution in [-0.2, 0) is 22.4 Å². The van der Waals surface area contributed by atoms with E-state index in [1.54, 1.807) is 66.7 Å². The van der Waals surface area contributed by atoms with E-state index in [0.29, 0.717) is 51.1 Å². The van der Waals surface area contributed by atoms with Crippen LogP contribution in [0.4, 0.5) is 10.5 Å². The zero-order chi connectivity index (χ0) is 36.1. The summed E-state index contributed by atoms with van der Waals surface area (Å²) >= 11 is 12.8. The number of halogens is 2. The molecule has 3 aliphatic rings. The van der Waals surface area contributed by atoms with Crippen LogP contribution in [-0.4, -0.2) is 56.9 Å². The number of pyridine rings is 1. The predicted molar refractivity (Wildman–Crippen MR) is 190 cm³/mol. The number of hydrogen-bond acceptors (Lipinski definition) is 9. The molecule has 2 bridgehead atoms. The van der Waals surface area contributed by atoms with Gasteiger partial charge in [0.2, 0.25) is 0 Å². The van der Waals surface area contributed by atoms with Crippen molar-refractivity contribution >= 4 is 41.0 Å². The molecule has 1 amide bonds. The summed E-state index contributed by atoms with van der Waals surface area (Å²) in [6.45, 7) is 2.89. The predicted octanol–water partition coefficient (Wildman–Crippen LogP) is 6.89. The average molecular weight is 732 g/mol. The van der Waals surface area contributed by atoms with Crippen molar-refractivity contribution in [1.29, 1.82) is 5.26 Å². The van der Waals surface area contributed by atoms with Crippen LogP contribution in [0, 0.1) is 22.5 Å². The minimum Gasteiger partial charge on any atom is -0.619 e. The van der Waals surface area contributed by atoms with Crippen molar-refractivity contribution in [2.75, 3.05) is 38.8 Å². The Hall–Kier alpha value is -5.02. The fourth-order valence-electron chi connectivity index (χ4n) is 6.56. The lowest BCUT2D eigenvalue weighted by molar-refractivity contribution is -0.605. The molecule has 0 radical (unpaired) electrons. The number of anilines is 1. The summed E-state index contributed by atoms with van der Waals surface area (Å²) in [6, 6.07) is 20.8. The first-order valence-electron chi connectivity index (χ1n) is 16.4. The monoisotopic (exact) mass is 730 g/mol. The van der Waals surface area contributed by atoms with Gasteiger partial charge in [0, 0.05) is 24.2 Å². The van der Waals surface area contributed by atoms with Gasteiger partial charge < -0.3 is 24.2 Å². The van der Waals surface area contributed by atoms with Gasteiger partial charge >= 0.3 is 12.1 Å². The molecule has 0 saturated carbocycles. The maximum absolute atomic E-state index is 13.7. The zero-order valence-corrected chi connectivity index (χ0v) is 29.6. The van der Waals surface area contributed by atoms with E-state index >= 15 is 0 Å². The van der Waals surface area contributed by atoms with Gasteiger partial charge in [0.25, 0.3) is 0 Å². The number of fused-ring (bicyclic) bond motifs is 3. The van der Waals surface area contributed by atoms with Crippen LogP contribution in [0.1, 0.15) is 51.6 Å². The lowest BCUT2D eigenvalue weighted by Gasteiger charge is -2.44. The molecule has 264 valence electrons. The van der Waals surface area contributed by atoms with Crippen molar-refractivity contribution in [1.82, 2.24) is 4.90 Å². The number of ether oxygens (including phenoxy) is 4. The van der Waals surface area contributed by atoms with Crippen molar-refractivity contribution < 1.29 is 33.3 Å². The fraction of sp³-hybridized carbons (Fsp3) is 0.316. The highest BCUT2D eigenvalue weighted by Crippen LogP contribution is 2.36. The van der Waals surface area contributed by atoms with Crippen LogP contribution in [0.15, 0.2) is 79.1 Å². The summed E-state index contributed by atoms with van der Waals surface area (Å²) in [4.78, 5) is 31.1. The molecule has 2 atom stereocenters. The Morgan fingerprint density at radius 2 is 1.71 bits per heavy atom. The molecule has 11 nitrogen and oxygen atoms in total. The van der Waals surface area contributed by atoms with E-state index in [-0.39, 0.29) is 34.7 Å². The molecule has 13 heteroatoms. The number of hydrogen-bond donors (Lipinski definition) is 0. The first-order valence-corrected chi connectivity index (χ1v) is 17.2. The number of nitrogens with zero attached hydrogens (tertiary/aromatic N) is 4. The Morgan fingerprint density at radius 3 is 2.33 bits per heavy atom. The first kappa shape index (κ1) is 35.8. The van der Waals surface area contributed by atoms with Crippen LogP contribution < -0.4 is 19.1 Å². The molecular formula is C38H36Cl2N4O7. The summed E-state index contributed by atoms with van der Waals surface area (Å²) in [5.41, 5.74) is 2.95. The van der Waals surface area contributed by atoms with Crippen LogP contribution in [0.2, 0.25) is 10.0 Å². The van der Waals surface area contributed by atoms with E-state index in [4.69, 9.17) is 42.1 Å². The van der Waals surface area contributed by atoms with Gasteiger partial charge in [-0.25, -0.2) is 9.59 Å². The Kier molecular flexibility index (Phi) is 11.2. The van der Waals surface area contributed by atoms with Gasteiger partial charge in [0.15, 0.2) is 23.9 Å². The second kappa shape index (κ2) is 15.9. The molecule has 3 aliphatic heterocycles. The molecule has 51 heavy (non-hydrogen) atoms. The van der Waals surface area contributed by atoms with Crippen LogP contribution in [0.5, 0.6) is 11.5 Å². The van der Waals surface area contributed by atoms with E-state index in [0.717, 1.165) is 31.5 Å². The standard InChI is InChI=1S/C38H36Cl2N4O7/c1-48-33-11-10-28(17-35(33)49-2)34(18-30-31(39)21-43(47)22-32(30)40)50-37(45)27-8-6-24(7-9-27)20-44(29-5-3-4-25(16-29)19-41)38(46)51-36-23-42-14-12-26(36)13-15-42/h3-11,16-17,21-22,26,34,36H,12-15,18,20,23H2,1-2H3/t34-,36-/m0/s1. The lowest BCUT2D eigenvalue weighted by Crippen LogP contribution is -2.53. The topological polar surface area (TPSA) is 128 Å². The van der Waals surface area contributed by atoms with Crippen molar-refractivity contribution in [2.24, 2.45) is 5.92 Å². The molecule has 4 aromatic rings. The highest BCUT2D eigenvalue weighted by Gasteiger charge is 2.37. The molecule has 0 aliphatic carbocycles. The van der Waals surface area contributed by atoms with Gasteiger partial charge in [0.05, 0.1) is 38.0 Å². The van der Waals surface area contributed by atoms with Crippen molar-refractivity contribution in [3.63, 3.8) is 0 Å². The van der Waals surface area contributed by atoms with Gasteiger partial charge in [-0.3, -0.25) is 9.80 Å². The van der Waals surface area contributed by atoms with E-state index in [2.05, 4.69) is 11.0 Å². The Balaban J connectivity index is 1.23. The van der Waals surface area contributed by atoms with Crippen molar-refractivity contribution in [3.8, 4) is 17.6 Å². The van der Waals surface area contributed by atoms with E-state index in [1.807, 2.05) is 0 Å². The Labute approximate surface area is 306 Å². The number of benzene rings is 3. The highest BCUT2D eigenvalue weighted by molar-refractivity contribution is 6.35. The van der Waals surface area contributed by atoms with Crippen LogP contribution in [0.3, 0.4) is 0 Å². The molecule has 3 fully saturated rings. The third-order valence-electron chi connectivity index (χ3n) is 9.36. The van der Waals surface area contributed by atoms with Gasteiger partial charge in [-0.05, 0) is 85.4 Å². The van der Waals surface area contributed by atoms with Crippen molar-refractivity contribution in [3.05, 3.63) is 122 Å². The third kappa shape index (κ3) is 8.31. The molecular weight excluding hydrogens is 695 g/mol. The van der Waals surface area contributed by atoms with Crippen LogP contribution in [0.25, 0.3) is 0 Å². The normalized spacial score (nSPS) is 18.3. The summed E-state index contributed by atoms with van der Waals surface area (Å²) in [5.74, 6) is 0.631. The quantitative estimate of drug-likeness (QED) is 0.0920. The SMILES string of the molecule is COc1ccc([C@H](Cc2c(Cl)c[n+]([O-])cc2Cl)OC(=O)c2ccc(CN(C(=O)O[C@H]3CN4CCC3CC4)c3cccc(C#N)c3)cc2)cc1OC. The summed E-state index contributed by atoms with van der Waals surface area (Å²) < 4.78 is 23.5. The van der Waals surface area contributed by atoms with E-state index < -0.39 is 18.2 Å². The van der Waals surface area contributed by atoms with E-state index in [1.165, 1.54) is 31.5 Å². The van der Waals surface area contributed by atoms with E-state index in [9.17, 15) is 20.1 Å². The summed E-state index contributed by atoms with van der Waals surface area (Å²) in [5, 5.41) is 21.7. The number of aromatic nitrogens is 1. The molecule has 0 unspecified atom stereocenters. The number of carbonyl (C=O) groups is 2. The lowest BCUT2D eigenvalue weighted by atomic mass is 9.86. The van der Waals surface area contributed by atoms with Gasteiger partial charge in [0.1, 0.15) is 22.3 Å².